The number of amides is 1. The van der Waals surface area contributed by atoms with Crippen LogP contribution in [0, 0.1) is 0 Å². The van der Waals surface area contributed by atoms with Crippen LogP contribution in [-0.4, -0.2) is 12.3 Å². The van der Waals surface area contributed by atoms with E-state index in [9.17, 15) is 18.0 Å². The predicted octanol–water partition coefficient (Wildman–Crippen LogP) is 6.03. The van der Waals surface area contributed by atoms with Crippen molar-refractivity contribution in [2.75, 3.05) is 5.32 Å². The largest absolute Gasteiger partial charge is 0.573 e. The van der Waals surface area contributed by atoms with Crippen LogP contribution in [0.25, 0.3) is 6.08 Å². The van der Waals surface area contributed by atoms with E-state index < -0.39 is 6.36 Å². The topological polar surface area (TPSA) is 47.6 Å². The molecule has 0 aromatic heterocycles. The number of benzene rings is 3. The molecule has 0 heterocycles. The molecular weight excluding hydrogens is 383 g/mol. The monoisotopic (exact) mass is 399 g/mol. The number of para-hydroxylation sites is 1. The third kappa shape index (κ3) is 6.73. The minimum absolute atomic E-state index is 0.322. The maximum absolute atomic E-state index is 12.1. The Morgan fingerprint density at radius 3 is 2.00 bits per heavy atom. The minimum atomic E-state index is -4.74. The SMILES string of the molecule is O=C(C=Cc1ccc(OC(F)(F)F)cc1)Nc1ccc(Oc2ccccc2)cc1. The molecule has 1 amide bonds. The molecule has 7 heteroatoms. The molecule has 0 saturated carbocycles. The molecule has 0 fully saturated rings. The highest BCUT2D eigenvalue weighted by Crippen LogP contribution is 2.24. The van der Waals surface area contributed by atoms with Gasteiger partial charge in [0, 0.05) is 11.8 Å². The first-order valence-corrected chi connectivity index (χ1v) is 8.55. The van der Waals surface area contributed by atoms with E-state index in [-0.39, 0.29) is 11.7 Å². The zero-order valence-corrected chi connectivity index (χ0v) is 15.0. The summed E-state index contributed by atoms with van der Waals surface area (Å²) in [5.41, 5.74) is 1.13. The summed E-state index contributed by atoms with van der Waals surface area (Å²) in [7, 11) is 0. The molecule has 0 atom stereocenters. The number of rotatable bonds is 6. The first kappa shape index (κ1) is 20.0. The van der Waals surface area contributed by atoms with Gasteiger partial charge in [-0.2, -0.15) is 0 Å². The van der Waals surface area contributed by atoms with Crippen molar-refractivity contribution in [3.8, 4) is 17.2 Å². The van der Waals surface area contributed by atoms with Gasteiger partial charge in [0.2, 0.25) is 5.91 Å². The van der Waals surface area contributed by atoms with E-state index in [0.717, 1.165) is 0 Å². The van der Waals surface area contributed by atoms with Crippen molar-refractivity contribution in [2.24, 2.45) is 0 Å². The Morgan fingerprint density at radius 1 is 0.793 bits per heavy atom. The Bertz CT molecular complexity index is 967. The number of hydrogen-bond donors (Lipinski definition) is 1. The number of alkyl halides is 3. The number of anilines is 1. The number of ether oxygens (including phenoxy) is 2. The Morgan fingerprint density at radius 2 is 1.38 bits per heavy atom. The maximum Gasteiger partial charge on any atom is 0.573 e. The quantitative estimate of drug-likeness (QED) is 0.515. The summed E-state index contributed by atoms with van der Waals surface area (Å²) in [5.74, 6) is 0.638. The second-order valence-corrected chi connectivity index (χ2v) is 5.88. The van der Waals surface area contributed by atoms with Gasteiger partial charge in [-0.1, -0.05) is 30.3 Å². The van der Waals surface area contributed by atoms with Gasteiger partial charge in [0.05, 0.1) is 0 Å². The molecule has 0 spiro atoms. The molecule has 3 aromatic rings. The minimum Gasteiger partial charge on any atom is -0.457 e. The predicted molar refractivity (Wildman–Crippen MR) is 104 cm³/mol. The zero-order chi connectivity index (χ0) is 20.7. The normalized spacial score (nSPS) is 11.3. The first-order chi connectivity index (χ1) is 13.9. The Kier molecular flexibility index (Phi) is 6.19. The van der Waals surface area contributed by atoms with Crippen LogP contribution >= 0.6 is 0 Å². The Labute approximate surface area is 165 Å². The van der Waals surface area contributed by atoms with E-state index in [2.05, 4.69) is 10.1 Å². The number of hydrogen-bond acceptors (Lipinski definition) is 3. The molecule has 0 aliphatic carbocycles. The lowest BCUT2D eigenvalue weighted by atomic mass is 10.2. The summed E-state index contributed by atoms with van der Waals surface area (Å²) in [5, 5.41) is 2.69. The van der Waals surface area contributed by atoms with Gasteiger partial charge in [-0.3, -0.25) is 4.79 Å². The fraction of sp³-hybridized carbons (Fsp3) is 0.0455. The van der Waals surface area contributed by atoms with Crippen LogP contribution in [0.1, 0.15) is 5.56 Å². The average Bonchev–Trinajstić information content (AvgIpc) is 2.69. The summed E-state index contributed by atoms with van der Waals surface area (Å²) in [4.78, 5) is 12.0. The van der Waals surface area contributed by atoms with Crippen molar-refractivity contribution >= 4 is 17.7 Å². The molecule has 0 aliphatic rings. The van der Waals surface area contributed by atoms with Crippen LogP contribution in [0.15, 0.2) is 84.9 Å². The van der Waals surface area contributed by atoms with Crippen LogP contribution in [0.5, 0.6) is 17.2 Å². The third-order valence-corrected chi connectivity index (χ3v) is 3.64. The second kappa shape index (κ2) is 8.97. The molecule has 0 aliphatic heterocycles. The van der Waals surface area contributed by atoms with Gasteiger partial charge in [0.1, 0.15) is 17.2 Å². The molecule has 0 unspecified atom stereocenters. The smallest absolute Gasteiger partial charge is 0.457 e. The molecule has 3 rings (SSSR count). The van der Waals surface area contributed by atoms with Crippen molar-refractivity contribution in [3.05, 3.63) is 90.5 Å². The maximum atomic E-state index is 12.1. The van der Waals surface area contributed by atoms with Gasteiger partial charge in [0.25, 0.3) is 0 Å². The lowest BCUT2D eigenvalue weighted by Gasteiger charge is -2.08. The summed E-state index contributed by atoms with van der Waals surface area (Å²) in [6.07, 6.45) is -1.97. The summed E-state index contributed by atoms with van der Waals surface area (Å²) in [6, 6.07) is 21.3. The second-order valence-electron chi connectivity index (χ2n) is 5.88. The first-order valence-electron chi connectivity index (χ1n) is 8.55. The molecule has 1 N–H and O–H groups in total. The van der Waals surface area contributed by atoms with Crippen molar-refractivity contribution in [3.63, 3.8) is 0 Å². The molecule has 3 aromatic carbocycles. The lowest BCUT2D eigenvalue weighted by Crippen LogP contribution is -2.16. The van der Waals surface area contributed by atoms with E-state index in [1.807, 2.05) is 30.3 Å². The van der Waals surface area contributed by atoms with Crippen LogP contribution in [0.3, 0.4) is 0 Å². The number of carbonyl (C=O) groups excluding carboxylic acids is 1. The Hall–Kier alpha value is -3.74. The molecule has 4 nitrogen and oxygen atoms in total. The van der Waals surface area contributed by atoms with Crippen molar-refractivity contribution < 1.29 is 27.4 Å². The fourth-order valence-corrected chi connectivity index (χ4v) is 2.37. The average molecular weight is 399 g/mol. The van der Waals surface area contributed by atoms with Crippen LogP contribution < -0.4 is 14.8 Å². The van der Waals surface area contributed by atoms with E-state index in [1.165, 1.54) is 36.4 Å². The van der Waals surface area contributed by atoms with E-state index in [0.29, 0.717) is 22.7 Å². The highest BCUT2D eigenvalue weighted by atomic mass is 19.4. The third-order valence-electron chi connectivity index (χ3n) is 3.64. The van der Waals surface area contributed by atoms with Gasteiger partial charge >= 0.3 is 6.36 Å². The molecule has 29 heavy (non-hydrogen) atoms. The fourth-order valence-electron chi connectivity index (χ4n) is 2.37. The number of carbonyl (C=O) groups is 1. The highest BCUT2D eigenvalue weighted by Gasteiger charge is 2.30. The summed E-state index contributed by atoms with van der Waals surface area (Å²) < 4.78 is 45.9. The number of halogens is 3. The van der Waals surface area contributed by atoms with Crippen LogP contribution in [-0.2, 0) is 4.79 Å². The standard InChI is InChI=1S/C22H16F3NO3/c23-22(24,25)29-20-11-6-16(7-12-20)8-15-21(27)26-17-9-13-19(14-10-17)28-18-4-2-1-3-5-18/h1-15H,(H,26,27). The molecule has 148 valence electrons. The van der Waals surface area contributed by atoms with Gasteiger partial charge in [-0.15, -0.1) is 13.2 Å². The van der Waals surface area contributed by atoms with Crippen molar-refractivity contribution in [2.45, 2.75) is 6.36 Å². The molecule has 0 bridgehead atoms. The van der Waals surface area contributed by atoms with Gasteiger partial charge < -0.3 is 14.8 Å². The molecule has 0 saturated heterocycles. The Balaban J connectivity index is 1.53. The highest BCUT2D eigenvalue weighted by molar-refractivity contribution is 6.01. The molecule has 0 radical (unpaired) electrons. The summed E-state index contributed by atoms with van der Waals surface area (Å²) >= 11 is 0. The van der Waals surface area contributed by atoms with E-state index in [4.69, 9.17) is 4.74 Å². The number of nitrogens with one attached hydrogen (secondary N) is 1. The van der Waals surface area contributed by atoms with E-state index in [1.54, 1.807) is 24.3 Å². The van der Waals surface area contributed by atoms with Gasteiger partial charge in [-0.05, 0) is 60.2 Å². The molecular formula is C22H16F3NO3. The van der Waals surface area contributed by atoms with Crippen molar-refractivity contribution in [1.82, 2.24) is 0 Å². The lowest BCUT2D eigenvalue weighted by molar-refractivity contribution is -0.274. The van der Waals surface area contributed by atoms with Crippen LogP contribution in [0.2, 0.25) is 0 Å². The van der Waals surface area contributed by atoms with Gasteiger partial charge in [0.15, 0.2) is 0 Å². The zero-order valence-electron chi connectivity index (χ0n) is 15.0. The summed E-state index contributed by atoms with van der Waals surface area (Å²) in [6.45, 7) is 0. The van der Waals surface area contributed by atoms with Gasteiger partial charge in [-0.25, -0.2) is 0 Å². The van der Waals surface area contributed by atoms with Crippen molar-refractivity contribution in [1.29, 1.82) is 0 Å². The van der Waals surface area contributed by atoms with E-state index >= 15 is 0 Å². The van der Waals surface area contributed by atoms with Crippen LogP contribution in [0.4, 0.5) is 18.9 Å².